The van der Waals surface area contributed by atoms with Gasteiger partial charge in [0, 0.05) is 13.1 Å². The van der Waals surface area contributed by atoms with Gasteiger partial charge in [0.15, 0.2) is 0 Å². The Labute approximate surface area is 93.5 Å². The van der Waals surface area contributed by atoms with Crippen molar-refractivity contribution in [2.75, 3.05) is 26.3 Å². The van der Waals surface area contributed by atoms with Gasteiger partial charge in [0.2, 0.25) is 5.91 Å². The highest BCUT2D eigenvalue weighted by Crippen LogP contribution is 2.39. The summed E-state index contributed by atoms with van der Waals surface area (Å²) in [6, 6.07) is 0. The molecule has 0 radical (unpaired) electrons. The van der Waals surface area contributed by atoms with Crippen LogP contribution in [0, 0.1) is 5.41 Å². The van der Waals surface area contributed by atoms with Crippen LogP contribution in [-0.4, -0.2) is 38.6 Å². The minimum absolute atomic E-state index is 0.0816. The average Bonchev–Trinajstić information content (AvgIpc) is 2.16. The molecular formula is C10H18F2N2O2. The molecule has 1 fully saturated rings. The predicted molar refractivity (Wildman–Crippen MR) is 55.2 cm³/mol. The molecule has 1 rings (SSSR count). The summed E-state index contributed by atoms with van der Waals surface area (Å²) in [5.41, 5.74) is 5.13. The molecule has 1 saturated carbocycles. The Bertz CT molecular complexity index is 227. The molecule has 0 bridgehead atoms. The number of nitrogens with two attached hydrogens (primary N) is 1. The molecule has 0 atom stereocenters. The fraction of sp³-hybridized carbons (Fsp3) is 0.900. The van der Waals surface area contributed by atoms with E-state index in [9.17, 15) is 13.6 Å². The number of halogens is 2. The number of carbonyl (C=O) groups is 1. The number of carbonyl (C=O) groups excluding carboxylic acids is 1. The molecule has 1 aliphatic carbocycles. The summed E-state index contributed by atoms with van der Waals surface area (Å²) in [5.74, 6) is -0.0816. The third kappa shape index (κ3) is 3.38. The van der Waals surface area contributed by atoms with Crippen LogP contribution in [0.25, 0.3) is 0 Å². The minimum atomic E-state index is -2.46. The lowest BCUT2D eigenvalue weighted by Crippen LogP contribution is -2.50. The Balaban J connectivity index is 2.10. The molecule has 0 unspecified atom stereocenters. The Morgan fingerprint density at radius 3 is 2.62 bits per heavy atom. The van der Waals surface area contributed by atoms with Gasteiger partial charge in [-0.3, -0.25) is 4.79 Å². The van der Waals surface area contributed by atoms with Crippen LogP contribution in [0.4, 0.5) is 8.78 Å². The number of hydrogen-bond donors (Lipinski definition) is 2. The van der Waals surface area contributed by atoms with E-state index >= 15 is 0 Å². The standard InChI is InChI=1S/C10H18F2N2O2/c11-8(12)6-16-5-4-14-9(15)10(7-13)2-1-3-10/h8H,1-7,13H2,(H,14,15). The van der Waals surface area contributed by atoms with E-state index in [2.05, 4.69) is 10.1 Å². The maximum atomic E-state index is 11.7. The summed E-state index contributed by atoms with van der Waals surface area (Å²) in [6.45, 7) is 0.124. The molecule has 0 heterocycles. The van der Waals surface area contributed by atoms with Crippen molar-refractivity contribution in [1.82, 2.24) is 5.32 Å². The van der Waals surface area contributed by atoms with Gasteiger partial charge in [-0.15, -0.1) is 0 Å². The van der Waals surface area contributed by atoms with Gasteiger partial charge in [-0.25, -0.2) is 8.78 Å². The topological polar surface area (TPSA) is 64.4 Å². The first kappa shape index (κ1) is 13.3. The van der Waals surface area contributed by atoms with E-state index in [4.69, 9.17) is 5.73 Å². The lowest BCUT2D eigenvalue weighted by Gasteiger charge is -2.39. The fourth-order valence-electron chi connectivity index (χ4n) is 1.72. The van der Waals surface area contributed by atoms with E-state index in [1.807, 2.05) is 0 Å². The summed E-state index contributed by atoms with van der Waals surface area (Å²) in [4.78, 5) is 11.7. The zero-order chi connectivity index (χ0) is 12.0. The van der Waals surface area contributed by atoms with Gasteiger partial charge in [0.25, 0.3) is 6.43 Å². The Morgan fingerprint density at radius 1 is 1.50 bits per heavy atom. The van der Waals surface area contributed by atoms with Crippen molar-refractivity contribution in [2.24, 2.45) is 11.1 Å². The monoisotopic (exact) mass is 236 g/mol. The van der Waals surface area contributed by atoms with E-state index in [-0.39, 0.29) is 19.1 Å². The van der Waals surface area contributed by atoms with Crippen molar-refractivity contribution in [3.05, 3.63) is 0 Å². The van der Waals surface area contributed by atoms with Crippen LogP contribution in [0.5, 0.6) is 0 Å². The molecule has 0 aromatic carbocycles. The number of nitrogens with one attached hydrogen (secondary N) is 1. The Kier molecular flexibility index (Phi) is 5.08. The van der Waals surface area contributed by atoms with E-state index in [1.54, 1.807) is 0 Å². The van der Waals surface area contributed by atoms with Crippen molar-refractivity contribution in [2.45, 2.75) is 25.7 Å². The van der Waals surface area contributed by atoms with E-state index < -0.39 is 18.4 Å². The smallest absolute Gasteiger partial charge is 0.261 e. The summed E-state index contributed by atoms with van der Waals surface area (Å²) < 4.78 is 28.0. The summed E-state index contributed by atoms with van der Waals surface area (Å²) in [5, 5.41) is 2.66. The zero-order valence-corrected chi connectivity index (χ0v) is 9.18. The van der Waals surface area contributed by atoms with Crippen LogP contribution >= 0.6 is 0 Å². The highest BCUT2D eigenvalue weighted by molar-refractivity contribution is 5.83. The van der Waals surface area contributed by atoms with Crippen molar-refractivity contribution < 1.29 is 18.3 Å². The highest BCUT2D eigenvalue weighted by atomic mass is 19.3. The average molecular weight is 236 g/mol. The number of ether oxygens (including phenoxy) is 1. The molecule has 4 nitrogen and oxygen atoms in total. The van der Waals surface area contributed by atoms with Gasteiger partial charge in [0.1, 0.15) is 6.61 Å². The van der Waals surface area contributed by atoms with Crippen LogP contribution in [0.3, 0.4) is 0 Å². The molecule has 6 heteroatoms. The summed E-state index contributed by atoms with van der Waals surface area (Å²) in [7, 11) is 0. The number of alkyl halides is 2. The first-order chi connectivity index (χ1) is 7.60. The number of amides is 1. The second-order valence-corrected chi connectivity index (χ2v) is 4.06. The van der Waals surface area contributed by atoms with Crippen molar-refractivity contribution >= 4 is 5.91 Å². The van der Waals surface area contributed by atoms with E-state index in [1.165, 1.54) is 0 Å². The second-order valence-electron chi connectivity index (χ2n) is 4.06. The van der Waals surface area contributed by atoms with Crippen LogP contribution in [-0.2, 0) is 9.53 Å². The van der Waals surface area contributed by atoms with Gasteiger partial charge in [0.05, 0.1) is 12.0 Å². The first-order valence-corrected chi connectivity index (χ1v) is 5.45. The SMILES string of the molecule is NCC1(C(=O)NCCOCC(F)F)CCC1. The normalized spacial score (nSPS) is 18.2. The molecule has 0 aliphatic heterocycles. The third-order valence-electron chi connectivity index (χ3n) is 2.96. The van der Waals surface area contributed by atoms with Crippen LogP contribution in [0.1, 0.15) is 19.3 Å². The van der Waals surface area contributed by atoms with E-state index in [0.717, 1.165) is 19.3 Å². The van der Waals surface area contributed by atoms with Crippen LogP contribution < -0.4 is 11.1 Å². The maximum absolute atomic E-state index is 11.7. The molecule has 3 N–H and O–H groups in total. The largest absolute Gasteiger partial charge is 0.374 e. The first-order valence-electron chi connectivity index (χ1n) is 5.45. The van der Waals surface area contributed by atoms with Crippen molar-refractivity contribution in [1.29, 1.82) is 0 Å². The van der Waals surface area contributed by atoms with Crippen molar-refractivity contribution in [3.63, 3.8) is 0 Å². The molecule has 94 valence electrons. The van der Waals surface area contributed by atoms with Gasteiger partial charge in [-0.2, -0.15) is 0 Å². The van der Waals surface area contributed by atoms with E-state index in [0.29, 0.717) is 6.54 Å². The van der Waals surface area contributed by atoms with Crippen LogP contribution in [0.15, 0.2) is 0 Å². The zero-order valence-electron chi connectivity index (χ0n) is 9.18. The van der Waals surface area contributed by atoms with Gasteiger partial charge < -0.3 is 15.8 Å². The second kappa shape index (κ2) is 6.10. The predicted octanol–water partition coefficient (Wildman–Crippen LogP) is 0.513. The molecule has 0 saturated heterocycles. The third-order valence-corrected chi connectivity index (χ3v) is 2.96. The van der Waals surface area contributed by atoms with Gasteiger partial charge in [-0.1, -0.05) is 6.42 Å². The molecule has 16 heavy (non-hydrogen) atoms. The number of hydrogen-bond acceptors (Lipinski definition) is 3. The van der Waals surface area contributed by atoms with Crippen LogP contribution in [0.2, 0.25) is 0 Å². The molecular weight excluding hydrogens is 218 g/mol. The summed E-state index contributed by atoms with van der Waals surface area (Å²) in [6.07, 6.45) is 0.185. The van der Waals surface area contributed by atoms with Crippen molar-refractivity contribution in [3.8, 4) is 0 Å². The molecule has 0 spiro atoms. The quantitative estimate of drug-likeness (QED) is 0.633. The highest BCUT2D eigenvalue weighted by Gasteiger charge is 2.42. The Hall–Kier alpha value is -0.750. The molecule has 1 aliphatic rings. The summed E-state index contributed by atoms with van der Waals surface area (Å²) >= 11 is 0. The lowest BCUT2D eigenvalue weighted by molar-refractivity contribution is -0.135. The molecule has 0 aromatic rings. The Morgan fingerprint density at radius 2 is 2.19 bits per heavy atom. The van der Waals surface area contributed by atoms with Gasteiger partial charge >= 0.3 is 0 Å². The number of rotatable bonds is 7. The fourth-order valence-corrected chi connectivity index (χ4v) is 1.72. The lowest BCUT2D eigenvalue weighted by atomic mass is 9.68. The van der Waals surface area contributed by atoms with Gasteiger partial charge in [-0.05, 0) is 12.8 Å². The maximum Gasteiger partial charge on any atom is 0.261 e. The molecule has 1 amide bonds. The minimum Gasteiger partial charge on any atom is -0.374 e. The molecule has 0 aromatic heterocycles.